The first-order valence-electron chi connectivity index (χ1n) is 7.95. The second-order valence-electron chi connectivity index (χ2n) is 5.78. The van der Waals surface area contributed by atoms with Gasteiger partial charge in [0.25, 0.3) is 10.0 Å². The van der Waals surface area contributed by atoms with Crippen molar-refractivity contribution in [2.75, 3.05) is 4.72 Å². The van der Waals surface area contributed by atoms with Crippen LogP contribution in [0.1, 0.15) is 5.56 Å². The summed E-state index contributed by atoms with van der Waals surface area (Å²) in [5, 5.41) is -0.657. The maximum atomic E-state index is 13.8. The molecule has 0 saturated carbocycles. The minimum absolute atomic E-state index is 0.000621. The molecule has 3 aromatic rings. The summed E-state index contributed by atoms with van der Waals surface area (Å²) in [5.74, 6) is -1.35. The molecule has 0 fully saturated rings. The fraction of sp³-hybridized carbons (Fsp3) is 0.0556. The topological polar surface area (TPSA) is 68.3 Å². The summed E-state index contributed by atoms with van der Waals surface area (Å²) < 4.78 is 85.7. The van der Waals surface area contributed by atoms with E-state index < -0.39 is 37.5 Å². The normalized spacial score (nSPS) is 11.9. The number of hydrogen-bond acceptors (Lipinski definition) is 4. The maximum absolute atomic E-state index is 13.8. The predicted octanol–water partition coefficient (Wildman–Crippen LogP) is 6.14. The Bertz CT molecular complexity index is 1200. The number of aromatic nitrogens is 1. The van der Waals surface area contributed by atoms with Crippen LogP contribution in [0.3, 0.4) is 0 Å². The van der Waals surface area contributed by atoms with Crippen molar-refractivity contribution in [3.8, 4) is 11.6 Å². The number of ether oxygens (including phenoxy) is 1. The van der Waals surface area contributed by atoms with Gasteiger partial charge in [-0.3, -0.25) is 4.72 Å². The third-order valence-corrected chi connectivity index (χ3v) is 5.56. The summed E-state index contributed by atoms with van der Waals surface area (Å²) in [6.07, 6.45) is -3.74. The van der Waals surface area contributed by atoms with Crippen LogP contribution in [0, 0.1) is 5.82 Å². The molecule has 1 aromatic heterocycles. The first-order valence-corrected chi connectivity index (χ1v) is 10.2. The van der Waals surface area contributed by atoms with Gasteiger partial charge in [-0.25, -0.2) is 17.8 Å². The van der Waals surface area contributed by atoms with Crippen molar-refractivity contribution in [3.05, 3.63) is 76.2 Å². The lowest BCUT2D eigenvalue weighted by Gasteiger charge is -2.15. The Balaban J connectivity index is 2.00. The van der Waals surface area contributed by atoms with Crippen molar-refractivity contribution in [3.63, 3.8) is 0 Å². The molecule has 0 aliphatic rings. The lowest BCUT2D eigenvalue weighted by atomic mass is 10.2. The molecule has 1 heterocycles. The van der Waals surface area contributed by atoms with Gasteiger partial charge in [0.05, 0.1) is 20.5 Å². The van der Waals surface area contributed by atoms with Crippen LogP contribution in [0.25, 0.3) is 0 Å². The van der Waals surface area contributed by atoms with E-state index in [-0.39, 0.29) is 22.3 Å². The quantitative estimate of drug-likeness (QED) is 0.445. The van der Waals surface area contributed by atoms with Gasteiger partial charge in [-0.05, 0) is 36.4 Å². The first-order chi connectivity index (χ1) is 14.0. The van der Waals surface area contributed by atoms with Crippen LogP contribution in [-0.2, 0) is 16.2 Å². The van der Waals surface area contributed by atoms with Crippen LogP contribution in [0.15, 0.2) is 59.6 Å². The lowest BCUT2D eigenvalue weighted by Crippen LogP contribution is -2.16. The van der Waals surface area contributed by atoms with E-state index in [0.717, 1.165) is 30.5 Å². The van der Waals surface area contributed by atoms with E-state index in [1.807, 2.05) is 4.72 Å². The second kappa shape index (κ2) is 8.29. The van der Waals surface area contributed by atoms with Crippen molar-refractivity contribution in [1.82, 2.24) is 4.98 Å². The Morgan fingerprint density at radius 1 is 1.03 bits per heavy atom. The summed E-state index contributed by atoms with van der Waals surface area (Å²) >= 11 is 11.4. The second-order valence-corrected chi connectivity index (χ2v) is 8.31. The molecule has 0 aliphatic heterocycles. The number of anilines is 1. The van der Waals surface area contributed by atoms with Gasteiger partial charge in [0.15, 0.2) is 11.6 Å². The lowest BCUT2D eigenvalue weighted by molar-refractivity contribution is -0.137. The molecule has 0 amide bonds. The molecule has 2 aromatic carbocycles. The van der Waals surface area contributed by atoms with E-state index >= 15 is 0 Å². The number of nitrogens with one attached hydrogen (secondary N) is 1. The Labute approximate surface area is 178 Å². The number of sulfonamides is 1. The molecule has 0 unspecified atom stereocenters. The van der Waals surface area contributed by atoms with Crippen LogP contribution in [0.4, 0.5) is 23.2 Å². The average molecular weight is 481 g/mol. The Morgan fingerprint density at radius 3 is 2.40 bits per heavy atom. The largest absolute Gasteiger partial charge is 0.434 e. The number of para-hydroxylation sites is 1. The van der Waals surface area contributed by atoms with Crippen LogP contribution in [0.2, 0.25) is 10.0 Å². The van der Waals surface area contributed by atoms with Gasteiger partial charge in [0, 0.05) is 6.20 Å². The molecule has 0 aliphatic carbocycles. The number of benzene rings is 2. The van der Waals surface area contributed by atoms with Crippen LogP contribution < -0.4 is 9.46 Å². The van der Waals surface area contributed by atoms with Crippen molar-refractivity contribution >= 4 is 38.9 Å². The van der Waals surface area contributed by atoms with Crippen LogP contribution in [0.5, 0.6) is 11.6 Å². The molecular formula is C18H10Cl2F4N2O3S. The number of hydrogen-bond donors (Lipinski definition) is 1. The predicted molar refractivity (Wildman–Crippen MR) is 103 cm³/mol. The van der Waals surface area contributed by atoms with E-state index in [9.17, 15) is 26.0 Å². The molecule has 0 spiro atoms. The molecular weight excluding hydrogens is 471 g/mol. The summed E-state index contributed by atoms with van der Waals surface area (Å²) in [4.78, 5) is 3.10. The van der Waals surface area contributed by atoms with Gasteiger partial charge in [0.2, 0.25) is 5.88 Å². The maximum Gasteiger partial charge on any atom is 0.417 e. The Morgan fingerprint density at radius 2 is 1.73 bits per heavy atom. The molecule has 3 rings (SSSR count). The molecule has 12 heteroatoms. The van der Waals surface area contributed by atoms with Crippen molar-refractivity contribution < 1.29 is 30.7 Å². The number of nitrogens with zero attached hydrogens (tertiary/aromatic N) is 1. The third kappa shape index (κ3) is 4.94. The zero-order valence-corrected chi connectivity index (χ0v) is 16.9. The fourth-order valence-electron chi connectivity index (χ4n) is 2.31. The number of alkyl halides is 3. The summed E-state index contributed by atoms with van der Waals surface area (Å²) in [7, 11) is -4.54. The smallest absolute Gasteiger partial charge is 0.417 e. The number of rotatable bonds is 5. The fourth-order valence-corrected chi connectivity index (χ4v) is 3.76. The minimum Gasteiger partial charge on any atom is -0.434 e. The highest BCUT2D eigenvalue weighted by Crippen LogP contribution is 2.37. The molecule has 5 nitrogen and oxygen atoms in total. The molecule has 0 atom stereocenters. The SMILES string of the molecule is O=S(=O)(Nc1cc(Cl)cnc1Oc1ccccc1F)c1ccc(Cl)c(C(F)(F)F)c1. The van der Waals surface area contributed by atoms with Crippen molar-refractivity contribution in [2.45, 2.75) is 11.1 Å². The van der Waals surface area contributed by atoms with Gasteiger partial charge >= 0.3 is 6.18 Å². The molecule has 0 saturated heterocycles. The summed E-state index contributed by atoms with van der Waals surface area (Å²) in [6, 6.07) is 8.49. The standard InChI is InChI=1S/C18H10Cl2F4N2O3S/c19-10-7-15(17(25-9-10)29-16-4-2-1-3-14(16)21)26-30(27,28)11-5-6-13(20)12(8-11)18(22,23)24/h1-9,26H. The van der Waals surface area contributed by atoms with E-state index in [1.165, 1.54) is 18.2 Å². The van der Waals surface area contributed by atoms with Gasteiger partial charge in [-0.2, -0.15) is 13.2 Å². The third-order valence-electron chi connectivity index (χ3n) is 3.66. The minimum atomic E-state index is -4.86. The highest BCUT2D eigenvalue weighted by molar-refractivity contribution is 7.92. The number of pyridine rings is 1. The van der Waals surface area contributed by atoms with Gasteiger partial charge in [-0.1, -0.05) is 35.3 Å². The summed E-state index contributed by atoms with van der Waals surface area (Å²) in [5.41, 5.74) is -1.63. The number of halogens is 6. The zero-order chi connectivity index (χ0) is 22.1. The van der Waals surface area contributed by atoms with Crippen molar-refractivity contribution in [2.24, 2.45) is 0 Å². The van der Waals surface area contributed by atoms with Gasteiger partial charge in [0.1, 0.15) is 5.69 Å². The van der Waals surface area contributed by atoms with Crippen molar-refractivity contribution in [1.29, 1.82) is 0 Å². The zero-order valence-electron chi connectivity index (χ0n) is 14.5. The average Bonchev–Trinajstić information content (AvgIpc) is 2.64. The van der Waals surface area contributed by atoms with E-state index in [0.29, 0.717) is 6.07 Å². The molecule has 0 radical (unpaired) electrons. The van der Waals surface area contributed by atoms with Crippen LogP contribution in [-0.4, -0.2) is 13.4 Å². The molecule has 158 valence electrons. The van der Waals surface area contributed by atoms with E-state index in [4.69, 9.17) is 27.9 Å². The molecule has 0 bridgehead atoms. The monoisotopic (exact) mass is 480 g/mol. The Kier molecular flexibility index (Phi) is 6.11. The highest BCUT2D eigenvalue weighted by Gasteiger charge is 2.34. The van der Waals surface area contributed by atoms with Crippen LogP contribution >= 0.6 is 23.2 Å². The summed E-state index contributed by atoms with van der Waals surface area (Å²) in [6.45, 7) is 0. The highest BCUT2D eigenvalue weighted by atomic mass is 35.5. The van der Waals surface area contributed by atoms with Gasteiger partial charge in [-0.15, -0.1) is 0 Å². The van der Waals surface area contributed by atoms with Gasteiger partial charge < -0.3 is 4.74 Å². The van der Waals surface area contributed by atoms with E-state index in [1.54, 1.807) is 0 Å². The molecule has 30 heavy (non-hydrogen) atoms. The Hall–Kier alpha value is -2.56. The first kappa shape index (κ1) is 22.1. The molecule has 1 N–H and O–H groups in total. The van der Waals surface area contributed by atoms with E-state index in [2.05, 4.69) is 4.98 Å².